The number of sulfonamides is 1. The summed E-state index contributed by atoms with van der Waals surface area (Å²) in [7, 11) is -1.53. The Hall–Kier alpha value is -1.84. The van der Waals surface area contributed by atoms with Gasteiger partial charge in [0.05, 0.1) is 25.5 Å². The number of methoxy groups -OCH3 is 1. The predicted molar refractivity (Wildman–Crippen MR) is 116 cm³/mol. The van der Waals surface area contributed by atoms with E-state index in [2.05, 4.69) is 15.6 Å². The van der Waals surface area contributed by atoms with Crippen LogP contribution >= 0.6 is 0 Å². The van der Waals surface area contributed by atoms with Crippen LogP contribution in [0.5, 0.6) is 5.75 Å². The molecule has 1 aromatic rings. The molecule has 164 valence electrons. The van der Waals surface area contributed by atoms with Gasteiger partial charge in [0.1, 0.15) is 5.75 Å². The molecule has 1 heterocycles. The molecular weight excluding hydrogens is 392 g/mol. The Labute approximate surface area is 174 Å². The Kier molecular flexibility index (Phi) is 9.19. The largest absolute Gasteiger partial charge is 0.497 e. The lowest BCUT2D eigenvalue weighted by atomic mass is 10.1. The van der Waals surface area contributed by atoms with Gasteiger partial charge >= 0.3 is 0 Å². The van der Waals surface area contributed by atoms with Crippen molar-refractivity contribution in [3.63, 3.8) is 0 Å². The third kappa shape index (κ3) is 7.17. The number of aliphatic hydroxyl groups excluding tert-OH is 1. The van der Waals surface area contributed by atoms with E-state index in [4.69, 9.17) is 4.74 Å². The number of guanidine groups is 1. The summed E-state index contributed by atoms with van der Waals surface area (Å²) in [5.41, 5.74) is 0.778. The highest BCUT2D eigenvalue weighted by atomic mass is 32.2. The number of piperidine rings is 1. The second kappa shape index (κ2) is 11.4. The zero-order valence-electron chi connectivity index (χ0n) is 17.6. The van der Waals surface area contributed by atoms with Crippen LogP contribution in [-0.2, 0) is 10.0 Å². The topological polar surface area (TPSA) is 103 Å². The fraction of sp³-hybridized carbons (Fsp3) is 0.650. The van der Waals surface area contributed by atoms with E-state index in [-0.39, 0.29) is 18.3 Å². The van der Waals surface area contributed by atoms with Crippen LogP contribution in [0, 0.1) is 0 Å². The van der Waals surface area contributed by atoms with Crippen molar-refractivity contribution in [2.75, 3.05) is 39.0 Å². The Morgan fingerprint density at radius 1 is 1.28 bits per heavy atom. The van der Waals surface area contributed by atoms with Crippen molar-refractivity contribution in [1.29, 1.82) is 0 Å². The van der Waals surface area contributed by atoms with Gasteiger partial charge in [-0.25, -0.2) is 12.7 Å². The summed E-state index contributed by atoms with van der Waals surface area (Å²) in [6, 6.07) is 7.43. The minimum absolute atomic E-state index is 0.152. The van der Waals surface area contributed by atoms with E-state index in [1.807, 2.05) is 38.1 Å². The van der Waals surface area contributed by atoms with Gasteiger partial charge in [-0.05, 0) is 43.9 Å². The van der Waals surface area contributed by atoms with Crippen molar-refractivity contribution in [1.82, 2.24) is 14.9 Å². The zero-order valence-corrected chi connectivity index (χ0v) is 18.4. The average Bonchev–Trinajstić information content (AvgIpc) is 2.72. The Balaban J connectivity index is 1.90. The molecule has 0 aromatic heterocycles. The highest BCUT2D eigenvalue weighted by molar-refractivity contribution is 7.89. The molecule has 3 N–H and O–H groups in total. The van der Waals surface area contributed by atoms with Crippen molar-refractivity contribution >= 4 is 16.0 Å². The van der Waals surface area contributed by atoms with Crippen LogP contribution in [0.1, 0.15) is 44.8 Å². The monoisotopic (exact) mass is 426 g/mol. The molecule has 0 radical (unpaired) electrons. The smallest absolute Gasteiger partial charge is 0.214 e. The van der Waals surface area contributed by atoms with Gasteiger partial charge in [0.2, 0.25) is 10.0 Å². The number of hydrogen-bond donors (Lipinski definition) is 3. The summed E-state index contributed by atoms with van der Waals surface area (Å²) >= 11 is 0. The Morgan fingerprint density at radius 3 is 2.48 bits per heavy atom. The number of ether oxygens (including phenoxy) is 1. The molecule has 1 aromatic carbocycles. The molecule has 1 aliphatic rings. The van der Waals surface area contributed by atoms with Crippen molar-refractivity contribution in [2.24, 2.45) is 4.99 Å². The van der Waals surface area contributed by atoms with E-state index in [0.717, 1.165) is 24.2 Å². The molecule has 0 spiro atoms. The van der Waals surface area contributed by atoms with Crippen molar-refractivity contribution < 1.29 is 18.3 Å². The zero-order chi connectivity index (χ0) is 21.3. The lowest BCUT2D eigenvalue weighted by Crippen LogP contribution is -2.50. The van der Waals surface area contributed by atoms with Gasteiger partial charge in [0, 0.05) is 25.7 Å². The summed E-state index contributed by atoms with van der Waals surface area (Å²) in [4.78, 5) is 4.50. The van der Waals surface area contributed by atoms with Crippen LogP contribution in [0.25, 0.3) is 0 Å². The van der Waals surface area contributed by atoms with Crippen molar-refractivity contribution in [3.8, 4) is 5.75 Å². The van der Waals surface area contributed by atoms with Crippen molar-refractivity contribution in [3.05, 3.63) is 29.8 Å². The van der Waals surface area contributed by atoms with E-state index in [1.54, 1.807) is 11.4 Å². The van der Waals surface area contributed by atoms with E-state index in [1.165, 1.54) is 0 Å². The molecule has 0 saturated carbocycles. The highest BCUT2D eigenvalue weighted by Crippen LogP contribution is 2.18. The second-order valence-corrected chi connectivity index (χ2v) is 9.23. The minimum atomic E-state index is -3.14. The van der Waals surface area contributed by atoms with Crippen LogP contribution in [0.4, 0.5) is 0 Å². The number of aliphatic hydroxyl groups is 1. The standard InChI is InChI=1S/C20H34N4O4S/c1-4-14-29(26,27)24-12-10-17(11-13-24)23-20(21-5-2)22-15-19(25)16-6-8-18(28-3)9-7-16/h6-9,17,19,25H,4-5,10-15H2,1-3H3,(H2,21,22,23). The Morgan fingerprint density at radius 2 is 1.93 bits per heavy atom. The molecular formula is C20H34N4O4S. The third-order valence-corrected chi connectivity index (χ3v) is 6.99. The second-order valence-electron chi connectivity index (χ2n) is 7.14. The number of benzene rings is 1. The van der Waals surface area contributed by atoms with Gasteiger partial charge in [0.25, 0.3) is 0 Å². The summed E-state index contributed by atoms with van der Waals surface area (Å²) in [6.45, 7) is 5.84. The first kappa shape index (κ1) is 23.4. The van der Waals surface area contributed by atoms with Crippen molar-refractivity contribution in [2.45, 2.75) is 45.3 Å². The maximum absolute atomic E-state index is 12.2. The molecule has 0 bridgehead atoms. The molecule has 9 heteroatoms. The molecule has 2 rings (SSSR count). The summed E-state index contributed by atoms with van der Waals surface area (Å²) in [5.74, 6) is 1.58. The molecule has 1 atom stereocenters. The molecule has 8 nitrogen and oxygen atoms in total. The highest BCUT2D eigenvalue weighted by Gasteiger charge is 2.27. The summed E-state index contributed by atoms with van der Waals surface area (Å²) in [5, 5.41) is 17.0. The van der Waals surface area contributed by atoms with Gasteiger partial charge in [-0.15, -0.1) is 0 Å². The molecule has 0 aliphatic carbocycles. The van der Waals surface area contributed by atoms with E-state index >= 15 is 0 Å². The van der Waals surface area contributed by atoms with Crippen LogP contribution in [0.3, 0.4) is 0 Å². The van der Waals surface area contributed by atoms with Gasteiger partial charge < -0.3 is 20.5 Å². The maximum Gasteiger partial charge on any atom is 0.214 e. The molecule has 1 unspecified atom stereocenters. The number of nitrogens with one attached hydrogen (secondary N) is 2. The fourth-order valence-corrected chi connectivity index (χ4v) is 4.83. The number of rotatable bonds is 9. The maximum atomic E-state index is 12.2. The first-order valence-electron chi connectivity index (χ1n) is 10.2. The van der Waals surface area contributed by atoms with Crippen LogP contribution < -0.4 is 15.4 Å². The predicted octanol–water partition coefficient (Wildman–Crippen LogP) is 1.49. The van der Waals surface area contributed by atoms with E-state index in [0.29, 0.717) is 32.0 Å². The Bertz CT molecular complexity index is 744. The number of aliphatic imine (C=N–C) groups is 1. The molecule has 1 aliphatic heterocycles. The SMILES string of the molecule is CCCS(=O)(=O)N1CCC(NC(=NCC(O)c2ccc(OC)cc2)NCC)CC1. The molecule has 1 fully saturated rings. The first-order valence-corrected chi connectivity index (χ1v) is 11.8. The lowest BCUT2D eigenvalue weighted by Gasteiger charge is -2.32. The fourth-order valence-electron chi connectivity index (χ4n) is 3.29. The van der Waals surface area contributed by atoms with Gasteiger partial charge in [0.15, 0.2) is 5.96 Å². The molecule has 29 heavy (non-hydrogen) atoms. The quantitative estimate of drug-likeness (QED) is 0.408. The average molecular weight is 427 g/mol. The summed E-state index contributed by atoms with van der Waals surface area (Å²) in [6.07, 6.45) is 1.38. The first-order chi connectivity index (χ1) is 13.9. The van der Waals surface area contributed by atoms with E-state index < -0.39 is 16.1 Å². The van der Waals surface area contributed by atoms with Gasteiger partial charge in [-0.2, -0.15) is 0 Å². The summed E-state index contributed by atoms with van der Waals surface area (Å²) < 4.78 is 31.1. The van der Waals surface area contributed by atoms with Crippen LogP contribution in [0.2, 0.25) is 0 Å². The molecule has 0 amide bonds. The van der Waals surface area contributed by atoms with Gasteiger partial charge in [-0.3, -0.25) is 4.99 Å². The van der Waals surface area contributed by atoms with Gasteiger partial charge in [-0.1, -0.05) is 19.1 Å². The number of hydrogen-bond acceptors (Lipinski definition) is 5. The molecule has 1 saturated heterocycles. The number of nitrogens with zero attached hydrogens (tertiary/aromatic N) is 2. The van der Waals surface area contributed by atoms with Crippen LogP contribution in [-0.4, -0.2) is 68.9 Å². The lowest BCUT2D eigenvalue weighted by molar-refractivity contribution is 0.187. The van der Waals surface area contributed by atoms with Crippen LogP contribution in [0.15, 0.2) is 29.3 Å². The third-order valence-electron chi connectivity index (χ3n) is 4.92. The minimum Gasteiger partial charge on any atom is -0.497 e. The van der Waals surface area contributed by atoms with E-state index in [9.17, 15) is 13.5 Å². The normalized spacial score (nSPS) is 17.7.